The summed E-state index contributed by atoms with van der Waals surface area (Å²) in [6.07, 6.45) is 2.16. The Morgan fingerprint density at radius 2 is 2.06 bits per heavy atom. The second-order valence-electron chi connectivity index (χ2n) is 4.90. The molecule has 3 rings (SSSR count). The molecule has 1 unspecified atom stereocenters. The fraction of sp³-hybridized carbons (Fsp3) is 0.429. The third-order valence-electron chi connectivity index (χ3n) is 3.83. The fourth-order valence-corrected chi connectivity index (χ4v) is 3.09. The van der Waals surface area contributed by atoms with Crippen LogP contribution in [0.15, 0.2) is 28.9 Å². The van der Waals surface area contributed by atoms with Crippen LogP contribution in [0.1, 0.15) is 18.5 Å². The fourth-order valence-electron chi connectivity index (χ4n) is 2.73. The smallest absolute Gasteiger partial charge is 0.0458 e. The highest BCUT2D eigenvalue weighted by molar-refractivity contribution is 9.10. The van der Waals surface area contributed by atoms with E-state index < -0.39 is 0 Å². The van der Waals surface area contributed by atoms with Gasteiger partial charge in [-0.05, 0) is 30.7 Å². The molecule has 2 N–H and O–H groups in total. The van der Waals surface area contributed by atoms with Crippen molar-refractivity contribution in [3.05, 3.63) is 34.4 Å². The van der Waals surface area contributed by atoms with Crippen LogP contribution in [0.5, 0.6) is 0 Å². The molecule has 0 bridgehead atoms. The number of halogens is 1. The van der Waals surface area contributed by atoms with Crippen LogP contribution in [-0.4, -0.2) is 36.1 Å². The highest BCUT2D eigenvalue weighted by Gasteiger charge is 2.20. The second-order valence-corrected chi connectivity index (χ2v) is 5.81. The zero-order valence-corrected chi connectivity index (χ0v) is 12.1. The van der Waals surface area contributed by atoms with Gasteiger partial charge in [0.2, 0.25) is 0 Å². The summed E-state index contributed by atoms with van der Waals surface area (Å²) < 4.78 is 1.14. The van der Waals surface area contributed by atoms with Crippen LogP contribution < -0.4 is 5.32 Å². The van der Waals surface area contributed by atoms with Crippen LogP contribution in [0.2, 0.25) is 0 Å². The number of piperazine rings is 1. The molecule has 18 heavy (non-hydrogen) atoms. The van der Waals surface area contributed by atoms with Gasteiger partial charge in [-0.25, -0.2) is 0 Å². The predicted molar refractivity (Wildman–Crippen MR) is 78.9 cm³/mol. The third-order valence-corrected chi connectivity index (χ3v) is 4.32. The quantitative estimate of drug-likeness (QED) is 0.894. The summed E-state index contributed by atoms with van der Waals surface area (Å²) in [5, 5.41) is 4.73. The molecule has 96 valence electrons. The topological polar surface area (TPSA) is 31.1 Å². The average Bonchev–Trinajstić information content (AvgIpc) is 2.82. The molecule has 2 heterocycles. The van der Waals surface area contributed by atoms with Gasteiger partial charge in [-0.1, -0.05) is 15.9 Å². The molecule has 4 heteroatoms. The van der Waals surface area contributed by atoms with Crippen molar-refractivity contribution in [1.82, 2.24) is 15.2 Å². The van der Waals surface area contributed by atoms with Crippen LogP contribution in [0, 0.1) is 0 Å². The lowest BCUT2D eigenvalue weighted by molar-refractivity contribution is 0.186. The number of nitrogens with one attached hydrogen (secondary N) is 2. The Labute approximate surface area is 116 Å². The summed E-state index contributed by atoms with van der Waals surface area (Å²) in [5.74, 6) is 0. The lowest BCUT2D eigenvalue weighted by Gasteiger charge is -2.32. The lowest BCUT2D eigenvalue weighted by atomic mass is 10.1. The van der Waals surface area contributed by atoms with E-state index in [9.17, 15) is 0 Å². The van der Waals surface area contributed by atoms with Gasteiger partial charge in [-0.2, -0.15) is 0 Å². The molecule has 1 aliphatic rings. The molecule has 0 saturated carbocycles. The van der Waals surface area contributed by atoms with E-state index in [0.717, 1.165) is 30.7 Å². The van der Waals surface area contributed by atoms with Gasteiger partial charge in [0.05, 0.1) is 0 Å². The van der Waals surface area contributed by atoms with E-state index in [0.29, 0.717) is 6.04 Å². The molecule has 1 saturated heterocycles. The van der Waals surface area contributed by atoms with Crippen LogP contribution in [0.25, 0.3) is 10.9 Å². The largest absolute Gasteiger partial charge is 0.361 e. The number of benzene rings is 1. The minimum absolute atomic E-state index is 0.468. The van der Waals surface area contributed by atoms with E-state index >= 15 is 0 Å². The molecule has 0 aliphatic carbocycles. The first kappa shape index (κ1) is 12.2. The zero-order chi connectivity index (χ0) is 12.5. The molecule has 3 nitrogen and oxygen atoms in total. The number of aromatic nitrogens is 1. The van der Waals surface area contributed by atoms with Crippen molar-refractivity contribution in [2.45, 2.75) is 13.0 Å². The monoisotopic (exact) mass is 307 g/mol. The second kappa shape index (κ2) is 5.03. The van der Waals surface area contributed by atoms with Crippen LogP contribution >= 0.6 is 15.9 Å². The van der Waals surface area contributed by atoms with Crippen molar-refractivity contribution in [3.63, 3.8) is 0 Å². The number of H-pyrrole nitrogens is 1. The number of aromatic amines is 1. The molecule has 1 fully saturated rings. The van der Waals surface area contributed by atoms with E-state index in [1.807, 2.05) is 0 Å². The number of nitrogens with zero attached hydrogens (tertiary/aromatic N) is 1. The molecule has 0 spiro atoms. The number of hydrogen-bond acceptors (Lipinski definition) is 2. The summed E-state index contributed by atoms with van der Waals surface area (Å²) in [6, 6.07) is 6.89. The molecule has 1 aromatic carbocycles. The Hall–Kier alpha value is -0.840. The van der Waals surface area contributed by atoms with E-state index in [1.165, 1.54) is 16.5 Å². The Balaban J connectivity index is 1.95. The van der Waals surface area contributed by atoms with Gasteiger partial charge in [-0.3, -0.25) is 4.90 Å². The molecular weight excluding hydrogens is 290 g/mol. The predicted octanol–water partition coefficient (Wildman–Crippen LogP) is 2.90. The molecular formula is C14H18BrN3. The van der Waals surface area contributed by atoms with Crippen molar-refractivity contribution in [2.24, 2.45) is 0 Å². The standard InChI is InChI=1S/C14H18BrN3/c1-10(18-6-4-16-5-7-18)13-9-17-14-3-2-11(15)8-12(13)14/h2-3,8-10,16-17H,4-7H2,1H3. The Bertz CT molecular complexity index is 543. The molecule has 1 aliphatic heterocycles. The van der Waals surface area contributed by atoms with Crippen molar-refractivity contribution in [2.75, 3.05) is 26.2 Å². The van der Waals surface area contributed by atoms with Crippen LogP contribution in [0.3, 0.4) is 0 Å². The molecule has 0 amide bonds. The summed E-state index contributed by atoms with van der Waals surface area (Å²) in [6.45, 7) is 6.74. The van der Waals surface area contributed by atoms with Gasteiger partial charge < -0.3 is 10.3 Å². The van der Waals surface area contributed by atoms with E-state index in [1.54, 1.807) is 0 Å². The number of fused-ring (bicyclic) bond motifs is 1. The first-order chi connectivity index (χ1) is 8.75. The maximum atomic E-state index is 3.56. The Morgan fingerprint density at radius 1 is 1.28 bits per heavy atom. The lowest BCUT2D eigenvalue weighted by Crippen LogP contribution is -2.44. The number of rotatable bonds is 2. The van der Waals surface area contributed by atoms with Gasteiger partial charge in [0, 0.05) is 53.8 Å². The maximum Gasteiger partial charge on any atom is 0.0458 e. The van der Waals surface area contributed by atoms with E-state index in [2.05, 4.69) is 62.5 Å². The van der Waals surface area contributed by atoms with Gasteiger partial charge >= 0.3 is 0 Å². The molecule has 1 atom stereocenters. The summed E-state index contributed by atoms with van der Waals surface area (Å²) >= 11 is 3.56. The highest BCUT2D eigenvalue weighted by atomic mass is 79.9. The van der Waals surface area contributed by atoms with Crippen molar-refractivity contribution in [3.8, 4) is 0 Å². The van der Waals surface area contributed by atoms with E-state index in [-0.39, 0.29) is 0 Å². The first-order valence-corrected chi connectivity index (χ1v) is 7.26. The molecule has 1 aromatic heterocycles. The Kier molecular flexibility index (Phi) is 3.41. The van der Waals surface area contributed by atoms with Gasteiger partial charge in [0.15, 0.2) is 0 Å². The third kappa shape index (κ3) is 2.20. The van der Waals surface area contributed by atoms with Gasteiger partial charge in [0.25, 0.3) is 0 Å². The molecule has 0 radical (unpaired) electrons. The summed E-state index contributed by atoms with van der Waals surface area (Å²) in [7, 11) is 0. The highest BCUT2D eigenvalue weighted by Crippen LogP contribution is 2.30. The zero-order valence-electron chi connectivity index (χ0n) is 10.5. The molecule has 2 aromatic rings. The summed E-state index contributed by atoms with van der Waals surface area (Å²) in [5.41, 5.74) is 2.61. The Morgan fingerprint density at radius 3 is 2.83 bits per heavy atom. The van der Waals surface area contributed by atoms with E-state index in [4.69, 9.17) is 0 Å². The van der Waals surface area contributed by atoms with Gasteiger partial charge in [0.1, 0.15) is 0 Å². The summed E-state index contributed by atoms with van der Waals surface area (Å²) in [4.78, 5) is 5.91. The first-order valence-electron chi connectivity index (χ1n) is 6.47. The van der Waals surface area contributed by atoms with Crippen molar-refractivity contribution < 1.29 is 0 Å². The van der Waals surface area contributed by atoms with Crippen LogP contribution in [-0.2, 0) is 0 Å². The average molecular weight is 308 g/mol. The normalized spacial score (nSPS) is 19.2. The maximum absolute atomic E-state index is 3.56. The minimum atomic E-state index is 0.468. The van der Waals surface area contributed by atoms with Crippen molar-refractivity contribution >= 4 is 26.8 Å². The SMILES string of the molecule is CC(c1c[nH]c2ccc(Br)cc12)N1CCNCC1. The van der Waals surface area contributed by atoms with Crippen molar-refractivity contribution in [1.29, 1.82) is 0 Å². The van der Waals surface area contributed by atoms with Gasteiger partial charge in [-0.15, -0.1) is 0 Å². The minimum Gasteiger partial charge on any atom is -0.361 e. The van der Waals surface area contributed by atoms with Crippen LogP contribution in [0.4, 0.5) is 0 Å². The number of hydrogen-bond donors (Lipinski definition) is 2.